The van der Waals surface area contributed by atoms with Crippen LogP contribution in [0.15, 0.2) is 71.8 Å². The zero-order chi connectivity index (χ0) is 13.4. The van der Waals surface area contributed by atoms with E-state index in [0.717, 1.165) is 29.0 Å². The second kappa shape index (κ2) is 4.42. The molecule has 0 aromatic carbocycles. The summed E-state index contributed by atoms with van der Waals surface area (Å²) in [5.41, 5.74) is 3.03. The molecule has 0 fully saturated rings. The molecule has 0 aliphatic carbocycles. The number of fused-ring (bicyclic) bond motifs is 2. The summed E-state index contributed by atoms with van der Waals surface area (Å²) in [4.78, 5) is 15.2. The number of nitrogens with zero attached hydrogens (tertiary/aromatic N) is 4. The van der Waals surface area contributed by atoms with Gasteiger partial charge in [-0.1, -0.05) is 12.2 Å². The third-order valence-electron chi connectivity index (χ3n) is 3.44. The SMILES string of the molecule is C1=CN(c2ccnc3ncccc23)C2=NC=CCC2=C1. The number of anilines is 1. The average Bonchev–Trinajstić information content (AvgIpc) is 2.54. The van der Waals surface area contributed by atoms with Crippen LogP contribution in [0, 0.1) is 0 Å². The normalized spacial score (nSPS) is 16.9. The highest BCUT2D eigenvalue weighted by Gasteiger charge is 2.20. The summed E-state index contributed by atoms with van der Waals surface area (Å²) in [6, 6.07) is 5.97. The van der Waals surface area contributed by atoms with Crippen LogP contribution in [0.1, 0.15) is 6.42 Å². The van der Waals surface area contributed by atoms with Crippen molar-refractivity contribution in [3.63, 3.8) is 0 Å². The number of pyridine rings is 2. The Bertz CT molecular complexity index is 794. The van der Waals surface area contributed by atoms with Crippen LogP contribution in [0.25, 0.3) is 11.0 Å². The van der Waals surface area contributed by atoms with Crippen molar-refractivity contribution in [1.29, 1.82) is 0 Å². The van der Waals surface area contributed by atoms with Gasteiger partial charge in [-0.25, -0.2) is 15.0 Å². The Labute approximate surface area is 116 Å². The van der Waals surface area contributed by atoms with Crippen LogP contribution >= 0.6 is 0 Å². The molecule has 0 N–H and O–H groups in total. The molecule has 0 atom stereocenters. The van der Waals surface area contributed by atoms with E-state index >= 15 is 0 Å². The van der Waals surface area contributed by atoms with Gasteiger partial charge in [-0.15, -0.1) is 0 Å². The lowest BCUT2D eigenvalue weighted by molar-refractivity contribution is 1.17. The van der Waals surface area contributed by atoms with Gasteiger partial charge in [0.1, 0.15) is 5.84 Å². The largest absolute Gasteiger partial charge is 0.301 e. The van der Waals surface area contributed by atoms with E-state index in [0.29, 0.717) is 0 Å². The summed E-state index contributed by atoms with van der Waals surface area (Å²) < 4.78 is 0. The molecule has 4 heterocycles. The number of amidine groups is 1. The van der Waals surface area contributed by atoms with Crippen LogP contribution < -0.4 is 4.90 Å². The first-order chi connectivity index (χ1) is 9.93. The molecule has 0 spiro atoms. The molecular formula is C16H12N4. The molecule has 2 aromatic rings. The number of rotatable bonds is 1. The molecule has 2 aromatic heterocycles. The summed E-state index contributed by atoms with van der Waals surface area (Å²) in [5, 5.41) is 1.03. The van der Waals surface area contributed by atoms with E-state index in [1.807, 2.05) is 30.6 Å². The molecule has 2 aliphatic rings. The summed E-state index contributed by atoms with van der Waals surface area (Å²) in [5.74, 6) is 0.978. The number of allylic oxidation sites excluding steroid dienone is 3. The smallest absolute Gasteiger partial charge is 0.161 e. The van der Waals surface area contributed by atoms with Gasteiger partial charge in [-0.3, -0.25) is 0 Å². The third-order valence-corrected chi connectivity index (χ3v) is 3.44. The highest BCUT2D eigenvalue weighted by molar-refractivity contribution is 6.15. The van der Waals surface area contributed by atoms with Gasteiger partial charge in [-0.2, -0.15) is 0 Å². The third kappa shape index (κ3) is 1.66. The Balaban J connectivity index is 1.91. The van der Waals surface area contributed by atoms with E-state index in [1.165, 1.54) is 5.57 Å². The van der Waals surface area contributed by atoms with Crippen LogP contribution in [0.2, 0.25) is 0 Å². The van der Waals surface area contributed by atoms with E-state index in [4.69, 9.17) is 0 Å². The number of aromatic nitrogens is 2. The molecule has 2 aliphatic heterocycles. The summed E-state index contributed by atoms with van der Waals surface area (Å²) in [7, 11) is 0. The molecule has 0 bridgehead atoms. The highest BCUT2D eigenvalue weighted by Crippen LogP contribution is 2.29. The molecule has 0 amide bonds. The van der Waals surface area contributed by atoms with E-state index in [1.54, 1.807) is 12.4 Å². The second-order valence-corrected chi connectivity index (χ2v) is 4.65. The van der Waals surface area contributed by atoms with Crippen LogP contribution in [0.5, 0.6) is 0 Å². The molecular weight excluding hydrogens is 248 g/mol. The van der Waals surface area contributed by atoms with Crippen molar-refractivity contribution >= 4 is 22.6 Å². The minimum absolute atomic E-state index is 0.751. The standard InChI is InChI=1S/C16H12N4/c1-4-12-5-3-11-20(16(12)19-9-1)14-7-10-18-15-13(14)6-2-8-17-15/h1-3,5-11H,4H2. The maximum Gasteiger partial charge on any atom is 0.161 e. The lowest BCUT2D eigenvalue weighted by Gasteiger charge is -2.28. The Kier molecular flexibility index (Phi) is 2.45. The monoisotopic (exact) mass is 260 g/mol. The van der Waals surface area contributed by atoms with Gasteiger partial charge in [-0.05, 0) is 36.3 Å². The Morgan fingerprint density at radius 1 is 1.10 bits per heavy atom. The van der Waals surface area contributed by atoms with Gasteiger partial charge in [0.25, 0.3) is 0 Å². The van der Waals surface area contributed by atoms with E-state index in [9.17, 15) is 0 Å². The number of aliphatic imine (C=N–C) groups is 1. The van der Waals surface area contributed by atoms with Gasteiger partial charge in [0.15, 0.2) is 5.65 Å². The molecule has 0 unspecified atom stereocenters. The molecule has 4 nitrogen and oxygen atoms in total. The van der Waals surface area contributed by atoms with Gasteiger partial charge >= 0.3 is 0 Å². The number of hydrogen-bond donors (Lipinski definition) is 0. The number of hydrogen-bond acceptors (Lipinski definition) is 4. The fourth-order valence-corrected chi connectivity index (χ4v) is 2.53. The lowest BCUT2D eigenvalue weighted by atomic mass is 10.1. The summed E-state index contributed by atoms with van der Waals surface area (Å²) in [6.07, 6.45) is 14.6. The van der Waals surface area contributed by atoms with E-state index < -0.39 is 0 Å². The molecule has 0 saturated carbocycles. The minimum atomic E-state index is 0.751. The van der Waals surface area contributed by atoms with Crippen molar-refractivity contribution in [2.75, 3.05) is 4.90 Å². The van der Waals surface area contributed by atoms with Gasteiger partial charge < -0.3 is 4.90 Å². The predicted molar refractivity (Wildman–Crippen MR) is 80.4 cm³/mol. The topological polar surface area (TPSA) is 41.4 Å². The van der Waals surface area contributed by atoms with Gasteiger partial charge in [0, 0.05) is 30.2 Å². The van der Waals surface area contributed by atoms with Crippen LogP contribution in [0.4, 0.5) is 5.69 Å². The Morgan fingerprint density at radius 3 is 3.05 bits per heavy atom. The fraction of sp³-hybridized carbons (Fsp3) is 0.0625. The maximum absolute atomic E-state index is 4.52. The van der Waals surface area contributed by atoms with E-state index in [2.05, 4.69) is 38.1 Å². The molecule has 0 saturated heterocycles. The molecule has 4 heteroatoms. The fourth-order valence-electron chi connectivity index (χ4n) is 2.53. The Hall–Kier alpha value is -2.75. The zero-order valence-corrected chi connectivity index (χ0v) is 10.8. The molecule has 4 rings (SSSR count). The maximum atomic E-state index is 4.52. The molecule has 20 heavy (non-hydrogen) atoms. The van der Waals surface area contributed by atoms with Crippen LogP contribution in [-0.2, 0) is 0 Å². The van der Waals surface area contributed by atoms with Crippen molar-refractivity contribution in [2.24, 2.45) is 4.99 Å². The first-order valence-electron chi connectivity index (χ1n) is 6.53. The zero-order valence-electron chi connectivity index (χ0n) is 10.8. The minimum Gasteiger partial charge on any atom is -0.301 e. The van der Waals surface area contributed by atoms with Crippen molar-refractivity contribution < 1.29 is 0 Å². The lowest BCUT2D eigenvalue weighted by Crippen LogP contribution is -2.29. The predicted octanol–water partition coefficient (Wildman–Crippen LogP) is 3.21. The summed E-state index contributed by atoms with van der Waals surface area (Å²) in [6.45, 7) is 0. The quantitative estimate of drug-likeness (QED) is 0.790. The molecule has 96 valence electrons. The first-order valence-corrected chi connectivity index (χ1v) is 6.53. The van der Waals surface area contributed by atoms with Crippen molar-refractivity contribution in [1.82, 2.24) is 9.97 Å². The van der Waals surface area contributed by atoms with Gasteiger partial charge in [0.05, 0.1) is 5.69 Å². The van der Waals surface area contributed by atoms with E-state index in [-0.39, 0.29) is 0 Å². The first kappa shape index (κ1) is 11.1. The average molecular weight is 260 g/mol. The van der Waals surface area contributed by atoms with Crippen LogP contribution in [-0.4, -0.2) is 15.8 Å². The highest BCUT2D eigenvalue weighted by atomic mass is 15.2. The van der Waals surface area contributed by atoms with Crippen molar-refractivity contribution in [2.45, 2.75) is 6.42 Å². The second-order valence-electron chi connectivity index (χ2n) is 4.65. The van der Waals surface area contributed by atoms with Gasteiger partial charge in [0.2, 0.25) is 0 Å². The summed E-state index contributed by atoms with van der Waals surface area (Å²) >= 11 is 0. The van der Waals surface area contributed by atoms with Crippen LogP contribution in [0.3, 0.4) is 0 Å². The van der Waals surface area contributed by atoms with Crippen molar-refractivity contribution in [3.8, 4) is 0 Å². The molecule has 0 radical (unpaired) electrons. The Morgan fingerprint density at radius 2 is 2.05 bits per heavy atom. The van der Waals surface area contributed by atoms with Crippen molar-refractivity contribution in [3.05, 3.63) is 66.8 Å².